The van der Waals surface area contributed by atoms with E-state index in [4.69, 9.17) is 14.2 Å². The second-order valence-corrected chi connectivity index (χ2v) is 13.2. The van der Waals surface area contributed by atoms with Gasteiger partial charge in [0.1, 0.15) is 5.60 Å². The lowest BCUT2D eigenvalue weighted by Gasteiger charge is -2.59. The summed E-state index contributed by atoms with van der Waals surface area (Å²) in [6.45, 7) is 1.33. The standard InChI is InChI=1S/C27H38F2O5/c1-25(28,29)24(31)34-27-11-19-5-20(12-27)22(21(6-19)13-27)7-23(30)33-15-32-14-26-8-16-2-17(9-26)4-18(3-16)10-26/h16-22H,2-15H2,1H3. The summed E-state index contributed by atoms with van der Waals surface area (Å²) in [5.74, 6) is -1.46. The summed E-state index contributed by atoms with van der Waals surface area (Å²) in [6, 6.07) is 0. The number of alkyl halides is 2. The van der Waals surface area contributed by atoms with E-state index in [0.717, 1.165) is 30.6 Å². The van der Waals surface area contributed by atoms with Gasteiger partial charge in [0.2, 0.25) is 0 Å². The number of ether oxygens (including phenoxy) is 3. The van der Waals surface area contributed by atoms with Gasteiger partial charge in [0.25, 0.3) is 0 Å². The molecule has 8 saturated carbocycles. The third-order valence-corrected chi connectivity index (χ3v) is 10.4. The highest BCUT2D eigenvalue weighted by Crippen LogP contribution is 2.61. The van der Waals surface area contributed by atoms with Gasteiger partial charge < -0.3 is 14.2 Å². The minimum absolute atomic E-state index is 0.0262. The van der Waals surface area contributed by atoms with Crippen LogP contribution in [-0.4, -0.2) is 36.9 Å². The molecular weight excluding hydrogens is 442 g/mol. The lowest BCUT2D eigenvalue weighted by Crippen LogP contribution is -2.57. The molecule has 0 spiro atoms. The smallest absolute Gasteiger partial charge is 0.377 e. The van der Waals surface area contributed by atoms with Crippen molar-refractivity contribution in [2.24, 2.45) is 46.8 Å². The molecule has 190 valence electrons. The van der Waals surface area contributed by atoms with Crippen molar-refractivity contribution in [3.05, 3.63) is 0 Å². The van der Waals surface area contributed by atoms with Crippen molar-refractivity contribution in [2.75, 3.05) is 13.4 Å². The molecule has 0 aromatic rings. The van der Waals surface area contributed by atoms with Gasteiger partial charge in [0.05, 0.1) is 6.61 Å². The molecular formula is C27H38F2O5. The number of carbonyl (C=O) groups excluding carboxylic acids is 2. The fraction of sp³-hybridized carbons (Fsp3) is 0.926. The van der Waals surface area contributed by atoms with Gasteiger partial charge in [0, 0.05) is 13.3 Å². The highest BCUT2D eigenvalue weighted by Gasteiger charge is 2.58. The molecule has 0 radical (unpaired) electrons. The first kappa shape index (κ1) is 23.2. The fourth-order valence-corrected chi connectivity index (χ4v) is 9.88. The first-order valence-corrected chi connectivity index (χ1v) is 13.4. The van der Waals surface area contributed by atoms with Crippen LogP contribution < -0.4 is 0 Å². The molecule has 2 atom stereocenters. The second kappa shape index (κ2) is 8.14. The maximum atomic E-state index is 13.5. The zero-order valence-electron chi connectivity index (χ0n) is 20.2. The van der Waals surface area contributed by atoms with E-state index in [9.17, 15) is 18.4 Å². The van der Waals surface area contributed by atoms with E-state index >= 15 is 0 Å². The van der Waals surface area contributed by atoms with Crippen LogP contribution in [0, 0.1) is 46.8 Å². The summed E-state index contributed by atoms with van der Waals surface area (Å²) in [4.78, 5) is 24.6. The minimum Gasteiger partial charge on any atom is -0.455 e. The zero-order valence-corrected chi connectivity index (χ0v) is 20.2. The molecule has 8 aliphatic carbocycles. The largest absolute Gasteiger partial charge is 0.455 e. The first-order valence-electron chi connectivity index (χ1n) is 13.4. The van der Waals surface area contributed by atoms with Gasteiger partial charge in [-0.1, -0.05) is 0 Å². The van der Waals surface area contributed by atoms with E-state index in [2.05, 4.69) is 0 Å². The van der Waals surface area contributed by atoms with Gasteiger partial charge in [0.15, 0.2) is 6.79 Å². The Balaban J connectivity index is 0.983. The van der Waals surface area contributed by atoms with E-state index in [1.807, 2.05) is 0 Å². The van der Waals surface area contributed by atoms with Crippen molar-refractivity contribution >= 4 is 11.9 Å². The molecule has 0 aromatic carbocycles. The SMILES string of the molecule is CC(F)(F)C(=O)OC12CC3CC(C1)C(CC(=O)OCOCC14CC5CC(CC(C5)C1)C4)C(C3)C2. The molecule has 8 rings (SSSR count). The normalized spacial score (nSPS) is 46.0. The third-order valence-electron chi connectivity index (χ3n) is 10.4. The summed E-state index contributed by atoms with van der Waals surface area (Å²) in [5, 5.41) is 0. The minimum atomic E-state index is -3.47. The number of rotatable bonds is 8. The first-order chi connectivity index (χ1) is 16.1. The monoisotopic (exact) mass is 480 g/mol. The molecule has 8 fully saturated rings. The van der Waals surface area contributed by atoms with Gasteiger partial charge >= 0.3 is 17.9 Å². The van der Waals surface area contributed by atoms with E-state index in [0.29, 0.717) is 50.5 Å². The molecule has 0 saturated heterocycles. The average molecular weight is 481 g/mol. The molecule has 0 heterocycles. The Morgan fingerprint density at radius 3 is 1.97 bits per heavy atom. The van der Waals surface area contributed by atoms with Gasteiger partial charge in [-0.2, -0.15) is 8.78 Å². The molecule has 2 unspecified atom stereocenters. The highest BCUT2D eigenvalue weighted by molar-refractivity contribution is 5.77. The van der Waals surface area contributed by atoms with Crippen LogP contribution in [0.2, 0.25) is 0 Å². The second-order valence-electron chi connectivity index (χ2n) is 13.2. The number of halogens is 2. The summed E-state index contributed by atoms with van der Waals surface area (Å²) in [6.07, 6.45) is 12.2. The molecule has 0 aromatic heterocycles. The quantitative estimate of drug-likeness (QED) is 0.261. The number of hydrogen-bond donors (Lipinski definition) is 0. The molecule has 0 N–H and O–H groups in total. The average Bonchev–Trinajstić information content (AvgIpc) is 2.71. The van der Waals surface area contributed by atoms with Gasteiger partial charge in [-0.3, -0.25) is 4.79 Å². The van der Waals surface area contributed by atoms with Crippen molar-refractivity contribution in [3.8, 4) is 0 Å². The predicted octanol–water partition coefficient (Wildman–Crippen LogP) is 5.50. The Labute approximate surface area is 200 Å². The Morgan fingerprint density at radius 2 is 1.41 bits per heavy atom. The molecule has 0 amide bonds. The number of carbonyl (C=O) groups is 2. The van der Waals surface area contributed by atoms with Crippen LogP contribution in [0.15, 0.2) is 0 Å². The van der Waals surface area contributed by atoms with Crippen LogP contribution in [0.4, 0.5) is 8.78 Å². The van der Waals surface area contributed by atoms with Crippen LogP contribution >= 0.6 is 0 Å². The molecule has 8 aliphatic rings. The van der Waals surface area contributed by atoms with Crippen molar-refractivity contribution in [3.63, 3.8) is 0 Å². The van der Waals surface area contributed by atoms with E-state index in [1.165, 1.54) is 38.5 Å². The van der Waals surface area contributed by atoms with Gasteiger partial charge in [-0.25, -0.2) is 4.79 Å². The maximum Gasteiger partial charge on any atom is 0.377 e. The lowest BCUT2D eigenvalue weighted by atomic mass is 9.49. The van der Waals surface area contributed by atoms with Crippen LogP contribution in [-0.2, 0) is 23.8 Å². The molecule has 34 heavy (non-hydrogen) atoms. The summed E-state index contributed by atoms with van der Waals surface area (Å²) in [7, 11) is 0. The van der Waals surface area contributed by atoms with Crippen molar-refractivity contribution in [2.45, 2.75) is 95.5 Å². The number of esters is 2. The van der Waals surface area contributed by atoms with E-state index in [-0.39, 0.29) is 30.5 Å². The van der Waals surface area contributed by atoms with E-state index in [1.54, 1.807) is 0 Å². The van der Waals surface area contributed by atoms with Crippen LogP contribution in [0.1, 0.15) is 84.0 Å². The lowest BCUT2D eigenvalue weighted by molar-refractivity contribution is -0.216. The summed E-state index contributed by atoms with van der Waals surface area (Å²) in [5.41, 5.74) is -0.460. The Hall–Kier alpha value is -1.24. The third kappa shape index (κ3) is 4.28. The van der Waals surface area contributed by atoms with Crippen molar-refractivity contribution in [1.29, 1.82) is 0 Å². The fourth-order valence-electron chi connectivity index (χ4n) is 9.88. The Bertz CT molecular complexity index is 784. The summed E-state index contributed by atoms with van der Waals surface area (Å²) >= 11 is 0. The molecule has 7 heteroatoms. The Morgan fingerprint density at radius 1 is 0.853 bits per heavy atom. The topological polar surface area (TPSA) is 61.8 Å². The van der Waals surface area contributed by atoms with Gasteiger partial charge in [-0.15, -0.1) is 0 Å². The van der Waals surface area contributed by atoms with Crippen molar-refractivity contribution < 1.29 is 32.6 Å². The van der Waals surface area contributed by atoms with Crippen LogP contribution in [0.3, 0.4) is 0 Å². The van der Waals surface area contributed by atoms with Crippen molar-refractivity contribution in [1.82, 2.24) is 0 Å². The Kier molecular flexibility index (Phi) is 5.55. The highest BCUT2D eigenvalue weighted by atomic mass is 19.3. The molecule has 0 aliphatic heterocycles. The van der Waals surface area contributed by atoms with Gasteiger partial charge in [-0.05, 0) is 117 Å². The van der Waals surface area contributed by atoms with Crippen LogP contribution in [0.25, 0.3) is 0 Å². The van der Waals surface area contributed by atoms with E-state index < -0.39 is 17.5 Å². The van der Waals surface area contributed by atoms with Crippen LogP contribution in [0.5, 0.6) is 0 Å². The molecule has 8 bridgehead atoms. The zero-order chi connectivity index (χ0) is 23.7. The molecule has 5 nitrogen and oxygen atoms in total. The number of hydrogen-bond acceptors (Lipinski definition) is 5. The predicted molar refractivity (Wildman–Crippen MR) is 119 cm³/mol. The summed E-state index contributed by atoms with van der Waals surface area (Å²) < 4.78 is 43.8. The maximum absolute atomic E-state index is 13.5.